The molecule has 6 heteroatoms. The third-order valence-electron chi connectivity index (χ3n) is 3.68. The Labute approximate surface area is 120 Å². The Morgan fingerprint density at radius 1 is 1.50 bits per heavy atom. The number of rotatable bonds is 4. The van der Waals surface area contributed by atoms with E-state index >= 15 is 0 Å². The van der Waals surface area contributed by atoms with Crippen molar-refractivity contribution in [1.29, 1.82) is 5.26 Å². The Bertz CT molecular complexity index is 622. The first-order valence-electron chi connectivity index (χ1n) is 6.58. The number of hydrogen-bond acceptors (Lipinski definition) is 4. The standard InChI is InChI=1S/C14H19N3O2S/c1-16-7-6-13(10-16)11-17(2)20(18,19)14-5-3-4-12(8-14)9-15/h3-5,8,13H,6-7,10-11H2,1-2H3. The number of nitrogens with zero attached hydrogens (tertiary/aromatic N) is 3. The summed E-state index contributed by atoms with van der Waals surface area (Å²) < 4.78 is 26.3. The molecule has 1 aliphatic heterocycles. The van der Waals surface area contributed by atoms with Gasteiger partial charge in [-0.2, -0.15) is 5.26 Å². The summed E-state index contributed by atoms with van der Waals surface area (Å²) in [6.07, 6.45) is 1.02. The molecule has 1 heterocycles. The first-order valence-corrected chi connectivity index (χ1v) is 8.02. The van der Waals surface area contributed by atoms with Crippen LogP contribution in [-0.2, 0) is 10.0 Å². The fraction of sp³-hybridized carbons (Fsp3) is 0.500. The molecule has 0 bridgehead atoms. The molecule has 0 aliphatic carbocycles. The van der Waals surface area contributed by atoms with Gasteiger partial charge in [-0.3, -0.25) is 0 Å². The van der Waals surface area contributed by atoms with Crippen molar-refractivity contribution in [1.82, 2.24) is 9.21 Å². The summed E-state index contributed by atoms with van der Waals surface area (Å²) in [5.74, 6) is 0.374. The molecule has 1 atom stereocenters. The second-order valence-corrected chi connectivity index (χ2v) is 7.39. The number of benzene rings is 1. The molecule has 2 rings (SSSR count). The lowest BCUT2D eigenvalue weighted by Gasteiger charge is -2.21. The minimum absolute atomic E-state index is 0.186. The van der Waals surface area contributed by atoms with Gasteiger partial charge in [0.15, 0.2) is 0 Å². The predicted molar refractivity (Wildman–Crippen MR) is 76.6 cm³/mol. The molecule has 1 aromatic carbocycles. The van der Waals surface area contributed by atoms with Crippen LogP contribution >= 0.6 is 0 Å². The minimum atomic E-state index is -3.51. The quantitative estimate of drug-likeness (QED) is 0.835. The van der Waals surface area contributed by atoms with Crippen molar-refractivity contribution in [2.45, 2.75) is 11.3 Å². The van der Waals surface area contributed by atoms with Crippen molar-refractivity contribution >= 4 is 10.0 Å². The minimum Gasteiger partial charge on any atom is -0.306 e. The molecule has 1 saturated heterocycles. The maximum Gasteiger partial charge on any atom is 0.242 e. The lowest BCUT2D eigenvalue weighted by Crippen LogP contribution is -2.32. The van der Waals surface area contributed by atoms with Crippen LogP contribution in [0.25, 0.3) is 0 Å². The van der Waals surface area contributed by atoms with Crippen LogP contribution < -0.4 is 0 Å². The fourth-order valence-corrected chi connectivity index (χ4v) is 3.84. The van der Waals surface area contributed by atoms with Gasteiger partial charge in [0.1, 0.15) is 0 Å². The van der Waals surface area contributed by atoms with Crippen LogP contribution in [0.3, 0.4) is 0 Å². The first-order chi connectivity index (χ1) is 9.43. The van der Waals surface area contributed by atoms with Crippen LogP contribution in [0.4, 0.5) is 0 Å². The van der Waals surface area contributed by atoms with Gasteiger partial charge < -0.3 is 4.90 Å². The summed E-state index contributed by atoms with van der Waals surface area (Å²) in [7, 11) is 0.138. The molecular formula is C14H19N3O2S. The van der Waals surface area contributed by atoms with E-state index in [0.717, 1.165) is 19.5 Å². The Hall–Kier alpha value is -1.42. The highest BCUT2D eigenvalue weighted by atomic mass is 32.2. The van der Waals surface area contributed by atoms with Crippen molar-refractivity contribution in [3.05, 3.63) is 29.8 Å². The molecule has 0 aromatic heterocycles. The molecule has 0 radical (unpaired) electrons. The summed E-state index contributed by atoms with van der Waals surface area (Å²) in [5, 5.41) is 8.86. The average Bonchev–Trinajstić information content (AvgIpc) is 2.84. The zero-order valence-electron chi connectivity index (χ0n) is 11.8. The number of nitriles is 1. The van der Waals surface area contributed by atoms with Crippen LogP contribution in [-0.4, -0.2) is 51.4 Å². The Kier molecular flexibility index (Phi) is 4.43. The van der Waals surface area contributed by atoms with E-state index in [1.165, 1.54) is 16.4 Å². The Balaban J connectivity index is 2.15. The van der Waals surface area contributed by atoms with Crippen molar-refractivity contribution in [2.75, 3.05) is 33.7 Å². The third kappa shape index (κ3) is 3.18. The zero-order valence-corrected chi connectivity index (χ0v) is 12.6. The van der Waals surface area contributed by atoms with Crippen LogP contribution in [0, 0.1) is 17.2 Å². The van der Waals surface area contributed by atoms with Crippen molar-refractivity contribution in [2.24, 2.45) is 5.92 Å². The van der Waals surface area contributed by atoms with Crippen molar-refractivity contribution in [3.63, 3.8) is 0 Å². The number of hydrogen-bond donors (Lipinski definition) is 0. The van der Waals surface area contributed by atoms with Gasteiger partial charge in [-0.15, -0.1) is 0 Å². The normalized spacial score (nSPS) is 20.2. The zero-order chi connectivity index (χ0) is 14.8. The van der Waals surface area contributed by atoms with Gasteiger partial charge in [0, 0.05) is 20.1 Å². The number of sulfonamides is 1. The van der Waals surface area contributed by atoms with E-state index in [4.69, 9.17) is 5.26 Å². The van der Waals surface area contributed by atoms with Crippen LogP contribution in [0.5, 0.6) is 0 Å². The molecule has 1 aliphatic rings. The maximum absolute atomic E-state index is 12.5. The summed E-state index contributed by atoms with van der Waals surface area (Å²) in [6.45, 7) is 2.46. The van der Waals surface area contributed by atoms with Crippen molar-refractivity contribution in [3.8, 4) is 6.07 Å². The second-order valence-electron chi connectivity index (χ2n) is 5.34. The summed E-state index contributed by atoms with van der Waals surface area (Å²) in [6, 6.07) is 8.13. The van der Waals surface area contributed by atoms with E-state index in [2.05, 4.69) is 4.90 Å². The lowest BCUT2D eigenvalue weighted by atomic mass is 10.1. The van der Waals surface area contributed by atoms with E-state index in [0.29, 0.717) is 18.0 Å². The highest BCUT2D eigenvalue weighted by Crippen LogP contribution is 2.20. The molecule has 5 nitrogen and oxygen atoms in total. The van der Waals surface area contributed by atoms with Gasteiger partial charge in [0.05, 0.1) is 16.5 Å². The number of likely N-dealkylation sites (tertiary alicyclic amines) is 1. The molecule has 1 aromatic rings. The SMILES string of the molecule is CN1CCC(CN(C)S(=O)(=O)c2cccc(C#N)c2)C1. The van der Waals surface area contributed by atoms with Gasteiger partial charge in [-0.25, -0.2) is 12.7 Å². The highest BCUT2D eigenvalue weighted by Gasteiger charge is 2.27. The maximum atomic E-state index is 12.5. The molecule has 1 unspecified atom stereocenters. The van der Waals surface area contributed by atoms with E-state index < -0.39 is 10.0 Å². The Morgan fingerprint density at radius 3 is 2.85 bits per heavy atom. The molecule has 20 heavy (non-hydrogen) atoms. The molecule has 0 N–H and O–H groups in total. The lowest BCUT2D eigenvalue weighted by molar-refractivity contribution is 0.357. The molecule has 0 amide bonds. The van der Waals surface area contributed by atoms with E-state index in [9.17, 15) is 8.42 Å². The fourth-order valence-electron chi connectivity index (χ4n) is 2.54. The topological polar surface area (TPSA) is 64.4 Å². The van der Waals surface area contributed by atoms with E-state index in [-0.39, 0.29) is 4.90 Å². The average molecular weight is 293 g/mol. The molecule has 108 valence electrons. The summed E-state index contributed by atoms with van der Waals surface area (Å²) in [4.78, 5) is 2.40. The van der Waals surface area contributed by atoms with Gasteiger partial charge in [-0.05, 0) is 44.1 Å². The van der Waals surface area contributed by atoms with E-state index in [1.54, 1.807) is 19.2 Å². The largest absolute Gasteiger partial charge is 0.306 e. The van der Waals surface area contributed by atoms with Crippen LogP contribution in [0.15, 0.2) is 29.2 Å². The van der Waals surface area contributed by atoms with Crippen LogP contribution in [0.2, 0.25) is 0 Å². The monoisotopic (exact) mass is 293 g/mol. The Morgan fingerprint density at radius 2 is 2.25 bits per heavy atom. The second kappa shape index (κ2) is 5.92. The highest BCUT2D eigenvalue weighted by molar-refractivity contribution is 7.89. The van der Waals surface area contributed by atoms with Crippen LogP contribution in [0.1, 0.15) is 12.0 Å². The summed E-state index contributed by atoms with van der Waals surface area (Å²) >= 11 is 0. The third-order valence-corrected chi connectivity index (χ3v) is 5.49. The molecule has 0 saturated carbocycles. The smallest absolute Gasteiger partial charge is 0.242 e. The molecule has 1 fully saturated rings. The van der Waals surface area contributed by atoms with Gasteiger partial charge in [-0.1, -0.05) is 6.07 Å². The molecular weight excluding hydrogens is 274 g/mol. The first kappa shape index (κ1) is 15.0. The predicted octanol–water partition coefficient (Wildman–Crippen LogP) is 1.13. The van der Waals surface area contributed by atoms with Crippen molar-refractivity contribution < 1.29 is 8.42 Å². The summed E-state index contributed by atoms with van der Waals surface area (Å²) in [5.41, 5.74) is 0.361. The van der Waals surface area contributed by atoms with Gasteiger partial charge in [0.25, 0.3) is 0 Å². The van der Waals surface area contributed by atoms with E-state index in [1.807, 2.05) is 13.1 Å². The van der Waals surface area contributed by atoms with Gasteiger partial charge in [0.2, 0.25) is 10.0 Å². The molecule has 0 spiro atoms. The van der Waals surface area contributed by atoms with Gasteiger partial charge >= 0.3 is 0 Å².